The quantitative estimate of drug-likeness (QED) is 0.295. The van der Waals surface area contributed by atoms with E-state index in [2.05, 4.69) is 4.98 Å². The Morgan fingerprint density at radius 3 is 2.73 bits per heavy atom. The molecule has 1 aromatic carbocycles. The number of nitro groups is 1. The Morgan fingerprint density at radius 2 is 2.14 bits per heavy atom. The van der Waals surface area contributed by atoms with Crippen LogP contribution in [-0.2, 0) is 0 Å². The topological polar surface area (TPSA) is 120 Å². The van der Waals surface area contributed by atoms with E-state index in [1.54, 1.807) is 6.07 Å². The van der Waals surface area contributed by atoms with Crippen LogP contribution in [0.4, 0.5) is 10.1 Å². The van der Waals surface area contributed by atoms with Gasteiger partial charge in [0.15, 0.2) is 5.75 Å². The van der Waals surface area contributed by atoms with Crippen LogP contribution in [0, 0.1) is 27.4 Å². The van der Waals surface area contributed by atoms with Crippen LogP contribution < -0.4 is 0 Å². The molecule has 2 N–H and O–H groups in total. The van der Waals surface area contributed by atoms with E-state index in [0.717, 1.165) is 18.2 Å². The molecular weight excluding hydrogens is 293 g/mol. The Morgan fingerprint density at radius 1 is 1.41 bits per heavy atom. The fourth-order valence-electron chi connectivity index (χ4n) is 1.74. The fraction of sp³-hybridized carbons (Fsp3) is 0. The third-order valence-electron chi connectivity index (χ3n) is 2.71. The largest absolute Gasteiger partial charge is 0.504 e. The minimum Gasteiger partial charge on any atom is -0.504 e. The highest BCUT2D eigenvalue weighted by Crippen LogP contribution is 2.36. The zero-order valence-electron chi connectivity index (χ0n) is 10.9. The van der Waals surface area contributed by atoms with Gasteiger partial charge >= 0.3 is 5.69 Å². The second-order valence-corrected chi connectivity index (χ2v) is 4.18. The van der Waals surface area contributed by atoms with Gasteiger partial charge in [-0.3, -0.25) is 10.1 Å². The van der Waals surface area contributed by atoms with Gasteiger partial charge in [0.1, 0.15) is 6.07 Å². The summed E-state index contributed by atoms with van der Waals surface area (Å²) in [6.07, 6.45) is 1.19. The highest BCUT2D eigenvalue weighted by Gasteiger charge is 2.18. The molecule has 8 heteroatoms. The Balaban J connectivity index is 2.56. The molecule has 0 atom stereocenters. The van der Waals surface area contributed by atoms with Crippen molar-refractivity contribution in [2.75, 3.05) is 0 Å². The number of phenols is 2. The molecule has 7 nitrogen and oxygen atoms in total. The third-order valence-corrected chi connectivity index (χ3v) is 2.71. The van der Waals surface area contributed by atoms with Gasteiger partial charge in [-0.1, -0.05) is 6.07 Å². The average Bonchev–Trinajstić information content (AvgIpc) is 2.47. The summed E-state index contributed by atoms with van der Waals surface area (Å²) in [4.78, 5) is 13.4. The fourth-order valence-corrected chi connectivity index (χ4v) is 1.74. The first-order valence-corrected chi connectivity index (χ1v) is 5.87. The maximum Gasteiger partial charge on any atom is 0.315 e. The molecule has 0 saturated carbocycles. The molecule has 0 unspecified atom stereocenters. The molecule has 0 aliphatic rings. The number of aromatic hydroxyl groups is 2. The van der Waals surface area contributed by atoms with Gasteiger partial charge in [0, 0.05) is 6.07 Å². The molecule has 2 rings (SSSR count). The van der Waals surface area contributed by atoms with E-state index >= 15 is 0 Å². The van der Waals surface area contributed by atoms with E-state index in [1.807, 2.05) is 0 Å². The molecule has 0 fully saturated rings. The molecule has 0 spiro atoms. The van der Waals surface area contributed by atoms with Gasteiger partial charge in [-0.05, 0) is 29.8 Å². The Kier molecular flexibility index (Phi) is 3.99. The first-order chi connectivity index (χ1) is 10.4. The van der Waals surface area contributed by atoms with Gasteiger partial charge in [-0.25, -0.2) is 4.98 Å². The number of halogens is 1. The summed E-state index contributed by atoms with van der Waals surface area (Å²) in [5, 5.41) is 38.8. The lowest BCUT2D eigenvalue weighted by Crippen LogP contribution is -1.92. The number of rotatable bonds is 3. The maximum absolute atomic E-state index is 13.1. The van der Waals surface area contributed by atoms with Gasteiger partial charge in [-0.2, -0.15) is 9.65 Å². The van der Waals surface area contributed by atoms with Gasteiger partial charge in [0.25, 0.3) is 0 Å². The molecule has 22 heavy (non-hydrogen) atoms. The SMILES string of the molecule is N#C/C(=C\c1cc(O)c(O)c([N+](=O)[O-])c1)c1cccc(F)n1. The highest BCUT2D eigenvalue weighted by molar-refractivity contribution is 5.89. The van der Waals surface area contributed by atoms with Crippen molar-refractivity contribution in [2.45, 2.75) is 0 Å². The lowest BCUT2D eigenvalue weighted by atomic mass is 10.1. The summed E-state index contributed by atoms with van der Waals surface area (Å²) >= 11 is 0. The zero-order chi connectivity index (χ0) is 16.3. The van der Waals surface area contributed by atoms with E-state index < -0.39 is 28.1 Å². The van der Waals surface area contributed by atoms with Crippen molar-refractivity contribution < 1.29 is 19.5 Å². The van der Waals surface area contributed by atoms with Crippen molar-refractivity contribution in [3.8, 4) is 17.6 Å². The summed E-state index contributed by atoms with van der Waals surface area (Å²) in [7, 11) is 0. The normalized spacial score (nSPS) is 11.0. The minimum absolute atomic E-state index is 0.0396. The minimum atomic E-state index is -0.876. The van der Waals surface area contributed by atoms with Crippen LogP contribution in [-0.4, -0.2) is 20.1 Å². The summed E-state index contributed by atoms with van der Waals surface area (Å²) in [5.41, 5.74) is -0.642. The van der Waals surface area contributed by atoms with Crippen molar-refractivity contribution in [3.05, 3.63) is 57.7 Å². The average molecular weight is 301 g/mol. The number of nitriles is 1. The molecule has 0 amide bonds. The third kappa shape index (κ3) is 2.99. The van der Waals surface area contributed by atoms with Crippen LogP contribution in [0.1, 0.15) is 11.3 Å². The molecule has 0 radical (unpaired) electrons. The summed E-state index contributed by atoms with van der Waals surface area (Å²) < 4.78 is 13.1. The molecule has 0 aliphatic heterocycles. The van der Waals surface area contributed by atoms with Gasteiger partial charge in [0.05, 0.1) is 16.2 Å². The zero-order valence-corrected chi connectivity index (χ0v) is 10.9. The van der Waals surface area contributed by atoms with Crippen LogP contribution in [0.25, 0.3) is 11.6 Å². The van der Waals surface area contributed by atoms with Crippen molar-refractivity contribution in [3.63, 3.8) is 0 Å². The first-order valence-electron chi connectivity index (χ1n) is 5.87. The molecule has 110 valence electrons. The van der Waals surface area contributed by atoms with Crippen LogP contribution in [0.5, 0.6) is 11.5 Å². The monoisotopic (exact) mass is 301 g/mol. The standard InChI is InChI=1S/C14H8FN3O4/c15-13-3-1-2-10(17-13)9(7-16)4-8-5-11(18(21)22)14(20)12(19)6-8/h1-6,19-20H/b9-4+. The second-order valence-electron chi connectivity index (χ2n) is 4.18. The van der Waals surface area contributed by atoms with Gasteiger partial charge in [0.2, 0.25) is 11.7 Å². The molecule has 0 saturated heterocycles. The lowest BCUT2D eigenvalue weighted by molar-refractivity contribution is -0.386. The first kappa shape index (κ1) is 14.9. The molecule has 2 aromatic rings. The van der Waals surface area contributed by atoms with Crippen LogP contribution in [0.15, 0.2) is 30.3 Å². The molecule has 0 bridgehead atoms. The van der Waals surface area contributed by atoms with Crippen molar-refractivity contribution in [1.29, 1.82) is 5.26 Å². The maximum atomic E-state index is 13.1. The number of phenolic OH excluding ortho intramolecular Hbond substituents is 2. The van der Waals surface area contributed by atoms with E-state index in [-0.39, 0.29) is 16.8 Å². The number of pyridine rings is 1. The van der Waals surface area contributed by atoms with Crippen molar-refractivity contribution in [1.82, 2.24) is 4.98 Å². The van der Waals surface area contributed by atoms with Crippen LogP contribution in [0.3, 0.4) is 0 Å². The lowest BCUT2D eigenvalue weighted by Gasteiger charge is -2.03. The number of aromatic nitrogens is 1. The number of nitro benzene ring substituents is 1. The Labute approximate surface area is 123 Å². The molecule has 1 aromatic heterocycles. The number of nitrogens with zero attached hydrogens (tertiary/aromatic N) is 3. The molecule has 0 aliphatic carbocycles. The molecular formula is C14H8FN3O4. The Bertz CT molecular complexity index is 827. The van der Waals surface area contributed by atoms with Crippen molar-refractivity contribution >= 4 is 17.3 Å². The number of allylic oxidation sites excluding steroid dienone is 1. The number of hydrogen-bond donors (Lipinski definition) is 2. The number of hydrogen-bond acceptors (Lipinski definition) is 6. The summed E-state index contributed by atoms with van der Waals surface area (Å²) in [5.74, 6) is -2.35. The number of benzene rings is 1. The van der Waals surface area contributed by atoms with Crippen LogP contribution in [0.2, 0.25) is 0 Å². The molecule has 1 heterocycles. The van der Waals surface area contributed by atoms with Crippen LogP contribution >= 0.6 is 0 Å². The van der Waals surface area contributed by atoms with E-state index in [9.17, 15) is 24.7 Å². The summed E-state index contributed by atoms with van der Waals surface area (Å²) in [6.45, 7) is 0. The van der Waals surface area contributed by atoms with E-state index in [4.69, 9.17) is 5.26 Å². The van der Waals surface area contributed by atoms with Gasteiger partial charge < -0.3 is 10.2 Å². The summed E-state index contributed by atoms with van der Waals surface area (Å²) in [6, 6.07) is 7.68. The Hall–Kier alpha value is -3.47. The highest BCUT2D eigenvalue weighted by atomic mass is 19.1. The van der Waals surface area contributed by atoms with E-state index in [1.165, 1.54) is 18.2 Å². The predicted molar refractivity (Wildman–Crippen MR) is 74.1 cm³/mol. The second kappa shape index (κ2) is 5.88. The smallest absolute Gasteiger partial charge is 0.315 e. The van der Waals surface area contributed by atoms with Gasteiger partial charge in [-0.15, -0.1) is 0 Å². The predicted octanol–water partition coefficient (Wildman–Crippen LogP) is 2.60. The van der Waals surface area contributed by atoms with E-state index in [0.29, 0.717) is 0 Å². The van der Waals surface area contributed by atoms with Crippen molar-refractivity contribution in [2.24, 2.45) is 0 Å².